The van der Waals surface area contributed by atoms with Gasteiger partial charge in [0.2, 0.25) is 0 Å². The third kappa shape index (κ3) is 4.28. The summed E-state index contributed by atoms with van der Waals surface area (Å²) < 4.78 is 0.998. The molecule has 108 valence electrons. The van der Waals surface area contributed by atoms with E-state index in [1.807, 2.05) is 48.5 Å². The van der Waals surface area contributed by atoms with Crippen LogP contribution in [0.25, 0.3) is 0 Å². The maximum atomic E-state index is 12.1. The maximum Gasteiger partial charge on any atom is 0.265 e. The van der Waals surface area contributed by atoms with Gasteiger partial charge in [-0.05, 0) is 30.2 Å². The quantitative estimate of drug-likeness (QED) is 0.614. The lowest BCUT2D eigenvalue weighted by atomic mass is 10.0. The SMILES string of the molecule is C=CC[C@H](NNC(=O)c1ccccc1)c1ccccc1Br. The Morgan fingerprint density at radius 3 is 2.48 bits per heavy atom. The van der Waals surface area contributed by atoms with Gasteiger partial charge in [-0.3, -0.25) is 10.2 Å². The Morgan fingerprint density at radius 2 is 1.81 bits per heavy atom. The van der Waals surface area contributed by atoms with E-state index in [9.17, 15) is 4.79 Å². The zero-order chi connectivity index (χ0) is 15.1. The minimum atomic E-state index is -0.156. The number of hydrogen-bond donors (Lipinski definition) is 2. The first-order valence-corrected chi connectivity index (χ1v) is 7.48. The van der Waals surface area contributed by atoms with Gasteiger partial charge in [0, 0.05) is 10.0 Å². The molecule has 0 spiro atoms. The Kier molecular flexibility index (Phi) is 5.72. The Morgan fingerprint density at radius 1 is 1.14 bits per heavy atom. The lowest BCUT2D eigenvalue weighted by Crippen LogP contribution is -2.40. The molecule has 2 aromatic rings. The van der Waals surface area contributed by atoms with Crippen molar-refractivity contribution >= 4 is 21.8 Å². The zero-order valence-electron chi connectivity index (χ0n) is 11.6. The standard InChI is InChI=1S/C17H17BrN2O/c1-2-8-16(14-11-6-7-12-15(14)18)19-20-17(21)13-9-4-3-5-10-13/h2-7,9-12,16,19H,1,8H2,(H,20,21)/t16-/m0/s1. The summed E-state index contributed by atoms with van der Waals surface area (Å²) >= 11 is 3.53. The van der Waals surface area contributed by atoms with Gasteiger partial charge in [-0.1, -0.05) is 58.4 Å². The van der Waals surface area contributed by atoms with Crippen molar-refractivity contribution in [3.8, 4) is 0 Å². The summed E-state index contributed by atoms with van der Waals surface area (Å²) in [6, 6.07) is 17.0. The molecule has 0 saturated carbocycles. The highest BCUT2D eigenvalue weighted by Gasteiger charge is 2.14. The van der Waals surface area contributed by atoms with Gasteiger partial charge in [0.25, 0.3) is 5.91 Å². The van der Waals surface area contributed by atoms with Gasteiger partial charge in [0.1, 0.15) is 0 Å². The second-order valence-corrected chi connectivity index (χ2v) is 5.42. The van der Waals surface area contributed by atoms with Crippen molar-refractivity contribution in [1.82, 2.24) is 10.9 Å². The molecule has 0 unspecified atom stereocenters. The number of halogens is 1. The Labute approximate surface area is 133 Å². The Bertz CT molecular complexity index is 613. The highest BCUT2D eigenvalue weighted by atomic mass is 79.9. The summed E-state index contributed by atoms with van der Waals surface area (Å²) in [5.41, 5.74) is 7.52. The van der Waals surface area contributed by atoms with E-state index < -0.39 is 0 Å². The number of amides is 1. The number of nitrogens with one attached hydrogen (secondary N) is 2. The van der Waals surface area contributed by atoms with Crippen LogP contribution < -0.4 is 10.9 Å². The molecular formula is C17H17BrN2O. The monoisotopic (exact) mass is 344 g/mol. The van der Waals surface area contributed by atoms with Crippen molar-refractivity contribution in [1.29, 1.82) is 0 Å². The predicted molar refractivity (Wildman–Crippen MR) is 88.7 cm³/mol. The smallest absolute Gasteiger partial charge is 0.265 e. The minimum Gasteiger partial charge on any atom is -0.287 e. The van der Waals surface area contributed by atoms with Gasteiger partial charge in [-0.15, -0.1) is 6.58 Å². The molecule has 0 aliphatic heterocycles. The van der Waals surface area contributed by atoms with Crippen LogP contribution in [0.3, 0.4) is 0 Å². The van der Waals surface area contributed by atoms with Crippen molar-refractivity contribution in [3.63, 3.8) is 0 Å². The zero-order valence-corrected chi connectivity index (χ0v) is 13.1. The molecule has 1 amide bonds. The molecule has 0 aromatic heterocycles. The van der Waals surface area contributed by atoms with Crippen LogP contribution >= 0.6 is 15.9 Å². The molecule has 2 rings (SSSR count). The van der Waals surface area contributed by atoms with Crippen molar-refractivity contribution in [2.75, 3.05) is 0 Å². The molecular weight excluding hydrogens is 328 g/mol. The van der Waals surface area contributed by atoms with Crippen LogP contribution in [0.5, 0.6) is 0 Å². The fourth-order valence-corrected chi connectivity index (χ4v) is 2.56. The summed E-state index contributed by atoms with van der Waals surface area (Å²) in [6.07, 6.45) is 2.53. The Balaban J connectivity index is 2.06. The number of hydrazine groups is 1. The van der Waals surface area contributed by atoms with Gasteiger partial charge >= 0.3 is 0 Å². The van der Waals surface area contributed by atoms with Crippen LogP contribution in [0.1, 0.15) is 28.4 Å². The number of carbonyl (C=O) groups excluding carboxylic acids is 1. The molecule has 21 heavy (non-hydrogen) atoms. The van der Waals surface area contributed by atoms with Crippen LogP contribution in [0.15, 0.2) is 71.7 Å². The van der Waals surface area contributed by atoms with E-state index in [2.05, 4.69) is 33.4 Å². The molecule has 1 atom stereocenters. The van der Waals surface area contributed by atoms with E-state index >= 15 is 0 Å². The molecule has 0 heterocycles. The normalized spacial score (nSPS) is 11.7. The van der Waals surface area contributed by atoms with E-state index in [0.29, 0.717) is 12.0 Å². The maximum absolute atomic E-state index is 12.1. The Hall–Kier alpha value is -1.91. The molecule has 2 N–H and O–H groups in total. The van der Waals surface area contributed by atoms with Crippen LogP contribution in [0, 0.1) is 0 Å². The number of carbonyl (C=O) groups is 1. The molecule has 0 aliphatic rings. The predicted octanol–water partition coefficient (Wildman–Crippen LogP) is 4.00. The average Bonchev–Trinajstić information content (AvgIpc) is 2.53. The van der Waals surface area contributed by atoms with Gasteiger partial charge in [0.15, 0.2) is 0 Å². The second-order valence-electron chi connectivity index (χ2n) is 4.56. The van der Waals surface area contributed by atoms with Crippen LogP contribution in [0.4, 0.5) is 0 Å². The molecule has 0 aliphatic carbocycles. The topological polar surface area (TPSA) is 41.1 Å². The second kappa shape index (κ2) is 7.76. The van der Waals surface area contributed by atoms with Gasteiger partial charge < -0.3 is 0 Å². The molecule has 4 heteroatoms. The number of hydrogen-bond acceptors (Lipinski definition) is 2. The van der Waals surface area contributed by atoms with E-state index in [1.54, 1.807) is 12.1 Å². The van der Waals surface area contributed by atoms with Gasteiger partial charge in [-0.2, -0.15) is 0 Å². The summed E-state index contributed by atoms with van der Waals surface area (Å²) in [5.74, 6) is -0.156. The lowest BCUT2D eigenvalue weighted by Gasteiger charge is -2.19. The third-order valence-electron chi connectivity index (χ3n) is 3.08. The van der Waals surface area contributed by atoms with Crippen molar-refractivity contribution in [2.24, 2.45) is 0 Å². The minimum absolute atomic E-state index is 0.0364. The summed E-state index contributed by atoms with van der Waals surface area (Å²) in [5, 5.41) is 0. The summed E-state index contributed by atoms with van der Waals surface area (Å²) in [6.45, 7) is 3.77. The average molecular weight is 345 g/mol. The van der Waals surface area contributed by atoms with Gasteiger partial charge in [-0.25, -0.2) is 5.43 Å². The fraction of sp³-hybridized carbons (Fsp3) is 0.118. The first-order chi connectivity index (χ1) is 10.2. The van der Waals surface area contributed by atoms with Crippen LogP contribution in [0.2, 0.25) is 0 Å². The molecule has 0 fully saturated rings. The van der Waals surface area contributed by atoms with Crippen molar-refractivity contribution < 1.29 is 4.79 Å². The molecule has 3 nitrogen and oxygen atoms in total. The summed E-state index contributed by atoms with van der Waals surface area (Å²) in [7, 11) is 0. The highest BCUT2D eigenvalue weighted by molar-refractivity contribution is 9.10. The first kappa shape index (κ1) is 15.5. The van der Waals surface area contributed by atoms with Crippen LogP contribution in [-0.4, -0.2) is 5.91 Å². The molecule has 0 bridgehead atoms. The lowest BCUT2D eigenvalue weighted by molar-refractivity contribution is 0.0925. The van der Waals surface area contributed by atoms with Gasteiger partial charge in [0.05, 0.1) is 6.04 Å². The third-order valence-corrected chi connectivity index (χ3v) is 3.80. The number of rotatable bonds is 6. The largest absolute Gasteiger partial charge is 0.287 e. The molecule has 2 aromatic carbocycles. The van der Waals surface area contributed by atoms with Crippen LogP contribution in [-0.2, 0) is 0 Å². The van der Waals surface area contributed by atoms with E-state index in [0.717, 1.165) is 10.0 Å². The summed E-state index contributed by atoms with van der Waals surface area (Å²) in [4.78, 5) is 12.1. The van der Waals surface area contributed by atoms with Crippen molar-refractivity contribution in [3.05, 3.63) is 82.9 Å². The highest BCUT2D eigenvalue weighted by Crippen LogP contribution is 2.25. The first-order valence-electron chi connectivity index (χ1n) is 6.68. The molecule has 0 radical (unpaired) electrons. The van der Waals surface area contributed by atoms with E-state index in [1.165, 1.54) is 0 Å². The van der Waals surface area contributed by atoms with E-state index in [-0.39, 0.29) is 11.9 Å². The van der Waals surface area contributed by atoms with Crippen molar-refractivity contribution in [2.45, 2.75) is 12.5 Å². The number of benzene rings is 2. The molecule has 0 saturated heterocycles. The fourth-order valence-electron chi connectivity index (χ4n) is 2.00. The van der Waals surface area contributed by atoms with E-state index in [4.69, 9.17) is 0 Å².